The van der Waals surface area contributed by atoms with E-state index in [9.17, 15) is 9.90 Å². The maximum absolute atomic E-state index is 12.1. The summed E-state index contributed by atoms with van der Waals surface area (Å²) in [6, 6.07) is 9.45. The van der Waals surface area contributed by atoms with Gasteiger partial charge in [-0.1, -0.05) is 37.3 Å². The fraction of sp³-hybridized carbons (Fsp3) is 0.412. The SMILES string of the molecule is CC(O)CC(C)CNC(=O)Nc1cn(C)nc1-c1ccccc1. The van der Waals surface area contributed by atoms with Gasteiger partial charge in [0.25, 0.3) is 0 Å². The molecule has 0 radical (unpaired) electrons. The number of amides is 2. The van der Waals surface area contributed by atoms with Crippen LogP contribution in [-0.4, -0.2) is 33.6 Å². The van der Waals surface area contributed by atoms with Crippen molar-refractivity contribution in [1.29, 1.82) is 0 Å². The van der Waals surface area contributed by atoms with Gasteiger partial charge in [0.2, 0.25) is 0 Å². The summed E-state index contributed by atoms with van der Waals surface area (Å²) >= 11 is 0. The second kappa shape index (κ2) is 7.78. The van der Waals surface area contributed by atoms with Gasteiger partial charge in [-0.15, -0.1) is 0 Å². The molecule has 0 fully saturated rings. The van der Waals surface area contributed by atoms with Gasteiger partial charge in [0, 0.05) is 25.4 Å². The van der Waals surface area contributed by atoms with Crippen molar-refractivity contribution in [1.82, 2.24) is 15.1 Å². The van der Waals surface area contributed by atoms with Gasteiger partial charge in [-0.3, -0.25) is 4.68 Å². The molecule has 2 unspecified atom stereocenters. The van der Waals surface area contributed by atoms with Crippen LogP contribution in [0.25, 0.3) is 11.3 Å². The molecule has 0 spiro atoms. The lowest BCUT2D eigenvalue weighted by molar-refractivity contribution is 0.163. The number of urea groups is 1. The number of hydrogen-bond acceptors (Lipinski definition) is 3. The lowest BCUT2D eigenvalue weighted by Crippen LogP contribution is -2.33. The van der Waals surface area contributed by atoms with Gasteiger partial charge in [-0.2, -0.15) is 5.10 Å². The summed E-state index contributed by atoms with van der Waals surface area (Å²) in [7, 11) is 1.82. The first-order valence-electron chi connectivity index (χ1n) is 7.77. The molecule has 3 N–H and O–H groups in total. The molecule has 1 aromatic carbocycles. The van der Waals surface area contributed by atoms with Gasteiger partial charge in [0.15, 0.2) is 0 Å². The first kappa shape index (κ1) is 17.0. The van der Waals surface area contributed by atoms with E-state index in [2.05, 4.69) is 15.7 Å². The van der Waals surface area contributed by atoms with Gasteiger partial charge in [-0.05, 0) is 19.3 Å². The molecule has 124 valence electrons. The largest absolute Gasteiger partial charge is 0.393 e. The van der Waals surface area contributed by atoms with Crippen LogP contribution in [-0.2, 0) is 7.05 Å². The second-order valence-electron chi connectivity index (χ2n) is 5.96. The lowest BCUT2D eigenvalue weighted by atomic mass is 10.1. The van der Waals surface area contributed by atoms with Gasteiger partial charge < -0.3 is 15.7 Å². The van der Waals surface area contributed by atoms with E-state index in [1.165, 1.54) is 0 Å². The molecule has 2 amide bonds. The number of anilines is 1. The van der Waals surface area contributed by atoms with Crippen LogP contribution in [0.15, 0.2) is 36.5 Å². The topological polar surface area (TPSA) is 79.2 Å². The summed E-state index contributed by atoms with van der Waals surface area (Å²) in [6.07, 6.45) is 2.07. The summed E-state index contributed by atoms with van der Waals surface area (Å²) in [6.45, 7) is 4.25. The molecule has 0 saturated carbocycles. The average Bonchev–Trinajstić information content (AvgIpc) is 2.86. The molecular weight excluding hydrogens is 292 g/mol. The van der Waals surface area contributed by atoms with E-state index >= 15 is 0 Å². The third-order valence-electron chi connectivity index (χ3n) is 3.48. The molecule has 0 bridgehead atoms. The lowest BCUT2D eigenvalue weighted by Gasteiger charge is -2.14. The molecule has 0 aliphatic carbocycles. The minimum absolute atomic E-state index is 0.211. The minimum atomic E-state index is -0.363. The third kappa shape index (κ3) is 5.10. The number of aliphatic hydroxyl groups is 1. The maximum atomic E-state index is 12.1. The highest BCUT2D eigenvalue weighted by atomic mass is 16.3. The highest BCUT2D eigenvalue weighted by Crippen LogP contribution is 2.25. The quantitative estimate of drug-likeness (QED) is 0.766. The van der Waals surface area contributed by atoms with Crippen molar-refractivity contribution < 1.29 is 9.90 Å². The Morgan fingerprint density at radius 2 is 2.00 bits per heavy atom. The van der Waals surface area contributed by atoms with E-state index < -0.39 is 0 Å². The summed E-state index contributed by atoms with van der Waals surface area (Å²) in [4.78, 5) is 12.1. The smallest absolute Gasteiger partial charge is 0.319 e. The number of carbonyl (C=O) groups excluding carboxylic acids is 1. The van der Waals surface area contributed by atoms with Crippen molar-refractivity contribution in [2.45, 2.75) is 26.4 Å². The van der Waals surface area contributed by atoms with E-state index in [0.717, 1.165) is 11.3 Å². The van der Waals surface area contributed by atoms with Crippen LogP contribution < -0.4 is 10.6 Å². The number of aromatic nitrogens is 2. The molecule has 0 saturated heterocycles. The Balaban J connectivity index is 1.99. The number of aryl methyl sites for hydroxylation is 1. The van der Waals surface area contributed by atoms with Crippen LogP contribution in [0, 0.1) is 5.92 Å². The Bertz CT molecular complexity index is 637. The van der Waals surface area contributed by atoms with E-state index in [1.54, 1.807) is 17.8 Å². The predicted molar refractivity (Wildman–Crippen MR) is 91.1 cm³/mol. The van der Waals surface area contributed by atoms with Crippen LogP contribution in [0.1, 0.15) is 20.3 Å². The van der Waals surface area contributed by atoms with Crippen molar-refractivity contribution in [3.8, 4) is 11.3 Å². The zero-order chi connectivity index (χ0) is 16.8. The van der Waals surface area contributed by atoms with Crippen molar-refractivity contribution in [2.75, 3.05) is 11.9 Å². The van der Waals surface area contributed by atoms with E-state index in [-0.39, 0.29) is 18.1 Å². The molecule has 6 heteroatoms. The third-order valence-corrected chi connectivity index (χ3v) is 3.48. The Labute approximate surface area is 136 Å². The second-order valence-corrected chi connectivity index (χ2v) is 5.96. The number of nitrogens with zero attached hydrogens (tertiary/aromatic N) is 2. The highest BCUT2D eigenvalue weighted by Gasteiger charge is 2.13. The van der Waals surface area contributed by atoms with Crippen LogP contribution in [0.2, 0.25) is 0 Å². The van der Waals surface area contributed by atoms with Crippen molar-refractivity contribution in [2.24, 2.45) is 13.0 Å². The van der Waals surface area contributed by atoms with E-state index in [1.807, 2.05) is 44.3 Å². The zero-order valence-corrected chi connectivity index (χ0v) is 13.8. The first-order valence-corrected chi connectivity index (χ1v) is 7.77. The van der Waals surface area contributed by atoms with Crippen LogP contribution in [0.4, 0.5) is 10.5 Å². The maximum Gasteiger partial charge on any atom is 0.319 e. The molecule has 2 rings (SSSR count). The van der Waals surface area contributed by atoms with Crippen molar-refractivity contribution >= 4 is 11.7 Å². The number of rotatable bonds is 6. The predicted octanol–water partition coefficient (Wildman–Crippen LogP) is 2.62. The molecule has 23 heavy (non-hydrogen) atoms. The van der Waals surface area contributed by atoms with Gasteiger partial charge in [0.05, 0.1) is 11.8 Å². The molecule has 2 aromatic rings. The van der Waals surface area contributed by atoms with Crippen LogP contribution in [0.5, 0.6) is 0 Å². The fourth-order valence-electron chi connectivity index (χ4n) is 2.49. The normalized spacial score (nSPS) is 13.4. The highest BCUT2D eigenvalue weighted by molar-refractivity contribution is 5.93. The molecule has 0 aliphatic rings. The van der Waals surface area contributed by atoms with Gasteiger partial charge >= 0.3 is 6.03 Å². The monoisotopic (exact) mass is 316 g/mol. The number of nitrogens with one attached hydrogen (secondary N) is 2. The van der Waals surface area contributed by atoms with Crippen LogP contribution in [0.3, 0.4) is 0 Å². The van der Waals surface area contributed by atoms with E-state index in [4.69, 9.17) is 0 Å². The number of aliphatic hydroxyl groups excluding tert-OH is 1. The molecule has 2 atom stereocenters. The molecule has 6 nitrogen and oxygen atoms in total. The molecule has 1 heterocycles. The summed E-state index contributed by atoms with van der Waals surface area (Å²) in [5, 5.41) is 19.4. The summed E-state index contributed by atoms with van der Waals surface area (Å²) in [5.74, 6) is 0.211. The summed E-state index contributed by atoms with van der Waals surface area (Å²) < 4.78 is 1.67. The minimum Gasteiger partial charge on any atom is -0.393 e. The summed E-state index contributed by atoms with van der Waals surface area (Å²) in [5.41, 5.74) is 2.35. The average molecular weight is 316 g/mol. The Morgan fingerprint density at radius 3 is 2.65 bits per heavy atom. The molecule has 0 aliphatic heterocycles. The van der Waals surface area contributed by atoms with Gasteiger partial charge in [0.1, 0.15) is 5.69 Å². The zero-order valence-electron chi connectivity index (χ0n) is 13.8. The Hall–Kier alpha value is -2.34. The standard InChI is InChI=1S/C17H24N4O2/c1-12(9-13(2)22)10-18-17(23)19-15-11-21(3)20-16(15)14-7-5-4-6-8-14/h4-8,11-13,22H,9-10H2,1-3H3,(H2,18,19,23). The Morgan fingerprint density at radius 1 is 1.30 bits per heavy atom. The number of carbonyl (C=O) groups is 1. The van der Waals surface area contributed by atoms with E-state index in [0.29, 0.717) is 18.7 Å². The van der Waals surface area contributed by atoms with Crippen LogP contribution >= 0.6 is 0 Å². The number of hydrogen-bond donors (Lipinski definition) is 3. The van der Waals surface area contributed by atoms with Crippen molar-refractivity contribution in [3.05, 3.63) is 36.5 Å². The molecule has 1 aromatic heterocycles. The first-order chi connectivity index (χ1) is 11.0. The fourth-order valence-corrected chi connectivity index (χ4v) is 2.49. The van der Waals surface area contributed by atoms with Gasteiger partial charge in [-0.25, -0.2) is 4.79 Å². The number of benzene rings is 1. The Kier molecular flexibility index (Phi) is 5.76. The molecular formula is C17H24N4O2. The van der Waals surface area contributed by atoms with Crippen molar-refractivity contribution in [3.63, 3.8) is 0 Å².